The second-order valence-electron chi connectivity index (χ2n) is 4.72. The van der Waals surface area contributed by atoms with Crippen LogP contribution in [0.1, 0.15) is 31.9 Å². The summed E-state index contributed by atoms with van der Waals surface area (Å²) in [6.45, 7) is 6.12. The minimum atomic E-state index is 0.794. The van der Waals surface area contributed by atoms with Crippen molar-refractivity contribution in [2.45, 2.75) is 38.0 Å². The molecule has 0 aliphatic carbocycles. The molecule has 1 fully saturated rings. The first-order valence-corrected chi connectivity index (χ1v) is 8.05. The lowest BCUT2D eigenvalue weighted by Crippen LogP contribution is -2.34. The minimum absolute atomic E-state index is 0.794. The Balaban J connectivity index is 1.82. The number of hydrogen-bond acceptors (Lipinski definition) is 5. The molecule has 18 heavy (non-hydrogen) atoms. The van der Waals surface area contributed by atoms with Gasteiger partial charge in [-0.25, -0.2) is 0 Å². The summed E-state index contributed by atoms with van der Waals surface area (Å²) >= 11 is 1.97. The highest BCUT2D eigenvalue weighted by atomic mass is 32.2. The van der Waals surface area contributed by atoms with Gasteiger partial charge in [-0.3, -0.25) is 0 Å². The van der Waals surface area contributed by atoms with Crippen molar-refractivity contribution in [3.8, 4) is 0 Å². The van der Waals surface area contributed by atoms with Crippen LogP contribution in [0.5, 0.6) is 0 Å². The summed E-state index contributed by atoms with van der Waals surface area (Å²) in [5.74, 6) is 0. The van der Waals surface area contributed by atoms with Gasteiger partial charge in [-0.1, -0.05) is 6.92 Å². The SMILES string of the molecule is CCCNCc1coc(N2CCC(SC)CC2)n1. The second-order valence-corrected chi connectivity index (χ2v) is 5.86. The first-order chi connectivity index (χ1) is 8.83. The zero-order chi connectivity index (χ0) is 12.8. The van der Waals surface area contributed by atoms with Crippen LogP contribution in [-0.4, -0.2) is 36.1 Å². The molecule has 1 aliphatic rings. The molecule has 0 unspecified atom stereocenters. The van der Waals surface area contributed by atoms with Gasteiger partial charge in [-0.15, -0.1) is 0 Å². The maximum atomic E-state index is 5.57. The van der Waals surface area contributed by atoms with Crippen LogP contribution < -0.4 is 10.2 Å². The maximum Gasteiger partial charge on any atom is 0.297 e. The van der Waals surface area contributed by atoms with Crippen LogP contribution in [0.25, 0.3) is 0 Å². The van der Waals surface area contributed by atoms with Gasteiger partial charge in [0, 0.05) is 24.9 Å². The Hall–Kier alpha value is -0.680. The number of nitrogens with one attached hydrogen (secondary N) is 1. The van der Waals surface area contributed by atoms with E-state index in [1.807, 2.05) is 11.8 Å². The second kappa shape index (κ2) is 7.04. The van der Waals surface area contributed by atoms with E-state index >= 15 is 0 Å². The molecule has 1 saturated heterocycles. The molecule has 0 atom stereocenters. The van der Waals surface area contributed by atoms with Crippen LogP contribution in [0.3, 0.4) is 0 Å². The van der Waals surface area contributed by atoms with E-state index in [2.05, 4.69) is 28.4 Å². The molecule has 5 heteroatoms. The minimum Gasteiger partial charge on any atom is -0.432 e. The van der Waals surface area contributed by atoms with Crippen molar-refractivity contribution < 1.29 is 4.42 Å². The lowest BCUT2D eigenvalue weighted by Gasteiger charge is -2.29. The standard InChI is InChI=1S/C13H23N3OS/c1-3-6-14-9-11-10-17-13(15-11)16-7-4-12(18-2)5-8-16/h10,12,14H,3-9H2,1-2H3. The molecule has 0 amide bonds. The van der Waals surface area contributed by atoms with E-state index < -0.39 is 0 Å². The predicted octanol–water partition coefficient (Wildman–Crippen LogP) is 2.51. The smallest absolute Gasteiger partial charge is 0.297 e. The van der Waals surface area contributed by atoms with Crippen molar-refractivity contribution >= 4 is 17.8 Å². The van der Waals surface area contributed by atoms with E-state index in [0.29, 0.717) is 0 Å². The van der Waals surface area contributed by atoms with Gasteiger partial charge in [-0.2, -0.15) is 16.7 Å². The fraction of sp³-hybridized carbons (Fsp3) is 0.769. The number of thioether (sulfide) groups is 1. The van der Waals surface area contributed by atoms with E-state index in [4.69, 9.17) is 4.42 Å². The third-order valence-corrected chi connectivity index (χ3v) is 4.46. The van der Waals surface area contributed by atoms with Crippen molar-refractivity contribution in [3.63, 3.8) is 0 Å². The first kappa shape index (κ1) is 13.7. The molecule has 0 spiro atoms. The molecule has 1 aromatic heterocycles. The number of oxazole rings is 1. The molecule has 102 valence electrons. The molecule has 4 nitrogen and oxygen atoms in total. The Kier molecular flexibility index (Phi) is 5.38. The average molecular weight is 269 g/mol. The first-order valence-electron chi connectivity index (χ1n) is 6.76. The maximum absolute atomic E-state index is 5.57. The van der Waals surface area contributed by atoms with Gasteiger partial charge in [-0.05, 0) is 32.1 Å². The molecule has 2 rings (SSSR count). The quantitative estimate of drug-likeness (QED) is 0.804. The van der Waals surface area contributed by atoms with Gasteiger partial charge in [0.25, 0.3) is 6.01 Å². The monoisotopic (exact) mass is 269 g/mol. The van der Waals surface area contributed by atoms with Crippen LogP contribution in [0.4, 0.5) is 6.01 Å². The topological polar surface area (TPSA) is 41.3 Å². The van der Waals surface area contributed by atoms with E-state index in [0.717, 1.165) is 49.6 Å². The van der Waals surface area contributed by atoms with Crippen molar-refractivity contribution in [1.29, 1.82) is 0 Å². The van der Waals surface area contributed by atoms with Crippen LogP contribution in [0, 0.1) is 0 Å². The summed E-state index contributed by atoms with van der Waals surface area (Å²) in [7, 11) is 0. The van der Waals surface area contributed by atoms with Gasteiger partial charge in [0.1, 0.15) is 6.26 Å². The summed E-state index contributed by atoms with van der Waals surface area (Å²) in [4.78, 5) is 6.81. The number of hydrogen-bond donors (Lipinski definition) is 1. The van der Waals surface area contributed by atoms with Crippen LogP contribution >= 0.6 is 11.8 Å². The van der Waals surface area contributed by atoms with Crippen LogP contribution in [0.2, 0.25) is 0 Å². The molecule has 0 saturated carbocycles. The largest absolute Gasteiger partial charge is 0.432 e. The summed E-state index contributed by atoms with van der Waals surface area (Å²) in [6, 6.07) is 0.794. The van der Waals surface area contributed by atoms with Crippen molar-refractivity contribution in [2.75, 3.05) is 30.8 Å². The lowest BCUT2D eigenvalue weighted by molar-refractivity contribution is 0.496. The van der Waals surface area contributed by atoms with E-state index in [1.165, 1.54) is 12.8 Å². The molecule has 1 aliphatic heterocycles. The average Bonchev–Trinajstić information content (AvgIpc) is 2.88. The number of aromatic nitrogens is 1. The Morgan fingerprint density at radius 1 is 1.50 bits per heavy atom. The lowest BCUT2D eigenvalue weighted by atomic mass is 10.1. The predicted molar refractivity (Wildman–Crippen MR) is 77.3 cm³/mol. The van der Waals surface area contributed by atoms with E-state index in [1.54, 1.807) is 6.26 Å². The molecular weight excluding hydrogens is 246 g/mol. The Labute approximate surface area is 114 Å². The van der Waals surface area contributed by atoms with E-state index in [-0.39, 0.29) is 0 Å². The zero-order valence-corrected chi connectivity index (χ0v) is 12.1. The fourth-order valence-corrected chi connectivity index (χ4v) is 2.88. The summed E-state index contributed by atoms with van der Waals surface area (Å²) < 4.78 is 5.57. The van der Waals surface area contributed by atoms with Crippen molar-refractivity contribution in [2.24, 2.45) is 0 Å². The van der Waals surface area contributed by atoms with Gasteiger partial charge in [0.15, 0.2) is 0 Å². The van der Waals surface area contributed by atoms with Crippen LogP contribution in [0.15, 0.2) is 10.7 Å². The van der Waals surface area contributed by atoms with Crippen molar-refractivity contribution in [1.82, 2.24) is 10.3 Å². The highest BCUT2D eigenvalue weighted by Crippen LogP contribution is 2.24. The molecule has 1 N–H and O–H groups in total. The summed E-state index contributed by atoms with van der Waals surface area (Å²) in [6.07, 6.45) is 7.58. The number of nitrogens with zero attached hydrogens (tertiary/aromatic N) is 2. The number of piperidine rings is 1. The highest BCUT2D eigenvalue weighted by Gasteiger charge is 2.21. The van der Waals surface area contributed by atoms with E-state index in [9.17, 15) is 0 Å². The Morgan fingerprint density at radius 2 is 2.28 bits per heavy atom. The molecule has 1 aromatic rings. The third kappa shape index (κ3) is 3.65. The molecule has 0 aromatic carbocycles. The van der Waals surface area contributed by atoms with Gasteiger partial charge in [0.05, 0.1) is 5.69 Å². The summed E-state index contributed by atoms with van der Waals surface area (Å²) in [5.41, 5.74) is 1.01. The molecule has 0 bridgehead atoms. The Morgan fingerprint density at radius 3 is 2.94 bits per heavy atom. The third-order valence-electron chi connectivity index (χ3n) is 3.32. The molecule has 0 radical (unpaired) electrons. The molecule has 2 heterocycles. The zero-order valence-electron chi connectivity index (χ0n) is 11.3. The fourth-order valence-electron chi connectivity index (χ4n) is 2.20. The van der Waals surface area contributed by atoms with Gasteiger partial charge < -0.3 is 14.6 Å². The normalized spacial score (nSPS) is 17.3. The molecular formula is C13H23N3OS. The van der Waals surface area contributed by atoms with Crippen LogP contribution in [-0.2, 0) is 6.54 Å². The summed E-state index contributed by atoms with van der Waals surface area (Å²) in [5, 5.41) is 4.15. The Bertz CT molecular complexity index is 348. The number of anilines is 1. The highest BCUT2D eigenvalue weighted by molar-refractivity contribution is 7.99. The van der Waals surface area contributed by atoms with Crippen molar-refractivity contribution in [3.05, 3.63) is 12.0 Å². The number of rotatable bonds is 6. The van der Waals surface area contributed by atoms with Gasteiger partial charge in [0.2, 0.25) is 0 Å². The van der Waals surface area contributed by atoms with Gasteiger partial charge >= 0.3 is 0 Å².